The number of benzene rings is 1. The van der Waals surface area contributed by atoms with Gasteiger partial charge < -0.3 is 16.2 Å². The third-order valence-corrected chi connectivity index (χ3v) is 3.47. The maximum atomic E-state index is 11.8. The predicted molar refractivity (Wildman–Crippen MR) is 87.3 cm³/mol. The number of carbonyl (C=O) groups is 1. The summed E-state index contributed by atoms with van der Waals surface area (Å²) in [6.45, 7) is 1.60. The van der Waals surface area contributed by atoms with E-state index in [2.05, 4.69) is 15.4 Å². The first kappa shape index (κ1) is 15.1. The second kappa shape index (κ2) is 6.15. The highest BCUT2D eigenvalue weighted by Crippen LogP contribution is 2.20. The van der Waals surface area contributed by atoms with Crippen LogP contribution in [0.15, 0.2) is 42.7 Å². The molecule has 3 rings (SSSR count). The number of anilines is 1. The summed E-state index contributed by atoms with van der Waals surface area (Å²) in [7, 11) is 0. The molecule has 0 aliphatic carbocycles. The van der Waals surface area contributed by atoms with Gasteiger partial charge in [-0.1, -0.05) is 12.1 Å². The molecule has 7 nitrogen and oxygen atoms in total. The molecule has 4 N–H and O–H groups in total. The second-order valence-corrected chi connectivity index (χ2v) is 5.30. The average Bonchev–Trinajstić information content (AvgIpc) is 2.97. The Labute approximate surface area is 132 Å². The summed E-state index contributed by atoms with van der Waals surface area (Å²) in [6.07, 6.45) is 3.20. The molecule has 1 aromatic carbocycles. The number of aliphatic hydroxyl groups is 1. The number of nitrogens with zero attached hydrogens (tertiary/aromatic N) is 3. The summed E-state index contributed by atoms with van der Waals surface area (Å²) >= 11 is 0. The maximum Gasteiger partial charge on any atom is 0.243 e. The van der Waals surface area contributed by atoms with Gasteiger partial charge in [-0.2, -0.15) is 5.10 Å². The minimum atomic E-state index is -0.965. The van der Waals surface area contributed by atoms with E-state index in [1.54, 1.807) is 16.9 Å². The maximum absolute atomic E-state index is 11.8. The van der Waals surface area contributed by atoms with Crippen LogP contribution in [0.3, 0.4) is 0 Å². The molecule has 1 atom stereocenters. The van der Waals surface area contributed by atoms with E-state index in [1.165, 1.54) is 6.20 Å². The smallest absolute Gasteiger partial charge is 0.243 e. The number of aryl methyl sites for hydroxylation is 1. The first-order valence-corrected chi connectivity index (χ1v) is 7.16. The van der Waals surface area contributed by atoms with E-state index >= 15 is 0 Å². The average molecular weight is 311 g/mol. The SMILES string of the molecule is Cc1cccc(-n2ncc3ncc(NC(=O)[C@@H](N)CO)cc32)c1. The summed E-state index contributed by atoms with van der Waals surface area (Å²) in [5, 5.41) is 15.9. The molecule has 2 heterocycles. The van der Waals surface area contributed by atoms with Crippen molar-refractivity contribution < 1.29 is 9.90 Å². The fraction of sp³-hybridized carbons (Fsp3) is 0.188. The van der Waals surface area contributed by atoms with Gasteiger partial charge in [-0.25, -0.2) is 4.68 Å². The van der Waals surface area contributed by atoms with Crippen molar-refractivity contribution in [1.82, 2.24) is 14.8 Å². The number of nitrogens with two attached hydrogens (primary N) is 1. The van der Waals surface area contributed by atoms with Crippen LogP contribution in [-0.2, 0) is 4.79 Å². The fourth-order valence-corrected chi connectivity index (χ4v) is 2.26. The van der Waals surface area contributed by atoms with Crippen LogP contribution in [-0.4, -0.2) is 38.4 Å². The zero-order valence-corrected chi connectivity index (χ0v) is 12.6. The normalized spacial score (nSPS) is 12.3. The molecule has 0 fully saturated rings. The molecule has 0 bridgehead atoms. The Kier molecular flexibility index (Phi) is 4.05. The zero-order chi connectivity index (χ0) is 16.4. The predicted octanol–water partition coefficient (Wildman–Crippen LogP) is 0.987. The first-order valence-electron chi connectivity index (χ1n) is 7.16. The van der Waals surface area contributed by atoms with Crippen molar-refractivity contribution >= 4 is 22.6 Å². The molecule has 0 aliphatic heterocycles. The fourth-order valence-electron chi connectivity index (χ4n) is 2.26. The molecular formula is C16H17N5O2. The van der Waals surface area contributed by atoms with Crippen LogP contribution in [0.5, 0.6) is 0 Å². The third-order valence-electron chi connectivity index (χ3n) is 3.47. The van der Waals surface area contributed by atoms with Crippen molar-refractivity contribution in [2.24, 2.45) is 5.73 Å². The van der Waals surface area contributed by atoms with Gasteiger partial charge in [-0.05, 0) is 30.7 Å². The molecular weight excluding hydrogens is 294 g/mol. The largest absolute Gasteiger partial charge is 0.394 e. The van der Waals surface area contributed by atoms with Crippen molar-refractivity contribution in [3.63, 3.8) is 0 Å². The van der Waals surface area contributed by atoms with Crippen molar-refractivity contribution in [3.8, 4) is 5.69 Å². The molecule has 1 amide bonds. The third kappa shape index (κ3) is 3.05. The minimum Gasteiger partial charge on any atom is -0.394 e. The Balaban J connectivity index is 1.99. The minimum absolute atomic E-state index is 0.414. The van der Waals surface area contributed by atoms with E-state index in [9.17, 15) is 4.79 Å². The number of nitrogens with one attached hydrogen (secondary N) is 1. The summed E-state index contributed by atoms with van der Waals surface area (Å²) in [6, 6.07) is 8.74. The highest BCUT2D eigenvalue weighted by molar-refractivity contribution is 5.96. The van der Waals surface area contributed by atoms with Gasteiger partial charge in [0.2, 0.25) is 5.91 Å². The Morgan fingerprint density at radius 2 is 2.22 bits per heavy atom. The number of fused-ring (bicyclic) bond motifs is 1. The zero-order valence-electron chi connectivity index (χ0n) is 12.6. The molecule has 0 aliphatic rings. The van der Waals surface area contributed by atoms with Crippen LogP contribution in [0.4, 0.5) is 5.69 Å². The van der Waals surface area contributed by atoms with Gasteiger partial charge in [0, 0.05) is 0 Å². The number of hydrogen-bond donors (Lipinski definition) is 3. The van der Waals surface area contributed by atoms with Crippen molar-refractivity contribution in [3.05, 3.63) is 48.3 Å². The number of hydrogen-bond acceptors (Lipinski definition) is 5. The molecule has 2 aromatic heterocycles. The van der Waals surface area contributed by atoms with E-state index in [-0.39, 0.29) is 0 Å². The summed E-state index contributed by atoms with van der Waals surface area (Å²) < 4.78 is 1.76. The van der Waals surface area contributed by atoms with Crippen LogP contribution >= 0.6 is 0 Å². The molecule has 3 aromatic rings. The summed E-state index contributed by atoms with van der Waals surface area (Å²) in [4.78, 5) is 16.1. The molecule has 0 spiro atoms. The molecule has 0 saturated heterocycles. The van der Waals surface area contributed by atoms with Crippen LogP contribution in [0, 0.1) is 6.92 Å². The van der Waals surface area contributed by atoms with Gasteiger partial charge in [-0.15, -0.1) is 0 Å². The number of aromatic nitrogens is 3. The molecule has 0 saturated carbocycles. The molecule has 23 heavy (non-hydrogen) atoms. The van der Waals surface area contributed by atoms with Gasteiger partial charge in [0.05, 0.1) is 35.9 Å². The van der Waals surface area contributed by atoms with E-state index in [0.717, 1.165) is 22.3 Å². The lowest BCUT2D eigenvalue weighted by molar-refractivity contribution is -0.118. The number of pyridine rings is 1. The molecule has 7 heteroatoms. The first-order chi connectivity index (χ1) is 11.1. The van der Waals surface area contributed by atoms with Crippen LogP contribution in [0.1, 0.15) is 5.56 Å². The van der Waals surface area contributed by atoms with E-state index in [4.69, 9.17) is 10.8 Å². The number of carbonyl (C=O) groups excluding carboxylic acids is 1. The monoisotopic (exact) mass is 311 g/mol. The number of rotatable bonds is 4. The van der Waals surface area contributed by atoms with Gasteiger partial charge >= 0.3 is 0 Å². The molecule has 0 radical (unpaired) electrons. The van der Waals surface area contributed by atoms with Crippen LogP contribution < -0.4 is 11.1 Å². The molecule has 118 valence electrons. The Bertz CT molecular complexity index is 859. The van der Waals surface area contributed by atoms with Gasteiger partial charge in [-0.3, -0.25) is 9.78 Å². The van der Waals surface area contributed by atoms with E-state index in [0.29, 0.717) is 5.69 Å². The highest BCUT2D eigenvalue weighted by atomic mass is 16.3. The van der Waals surface area contributed by atoms with Crippen LogP contribution in [0.2, 0.25) is 0 Å². The Morgan fingerprint density at radius 3 is 2.96 bits per heavy atom. The molecule has 0 unspecified atom stereocenters. The number of amides is 1. The lowest BCUT2D eigenvalue weighted by atomic mass is 10.2. The quantitative estimate of drug-likeness (QED) is 0.666. The highest BCUT2D eigenvalue weighted by Gasteiger charge is 2.13. The lowest BCUT2D eigenvalue weighted by Gasteiger charge is -2.10. The second-order valence-electron chi connectivity index (χ2n) is 5.30. The van der Waals surface area contributed by atoms with E-state index < -0.39 is 18.6 Å². The van der Waals surface area contributed by atoms with Gasteiger partial charge in [0.15, 0.2) is 0 Å². The Morgan fingerprint density at radius 1 is 1.39 bits per heavy atom. The number of aliphatic hydroxyl groups excluding tert-OH is 1. The van der Waals surface area contributed by atoms with Gasteiger partial charge in [0.1, 0.15) is 11.6 Å². The van der Waals surface area contributed by atoms with Crippen molar-refractivity contribution in [2.45, 2.75) is 13.0 Å². The van der Waals surface area contributed by atoms with Gasteiger partial charge in [0.25, 0.3) is 0 Å². The standard InChI is InChI=1S/C16H17N5O2/c1-10-3-2-4-12(5-10)21-15-6-11(7-18-14(15)8-19-21)20-16(23)13(17)9-22/h2-8,13,22H,9,17H2,1H3,(H,20,23)/t13-/m0/s1. The lowest BCUT2D eigenvalue weighted by Crippen LogP contribution is -2.38. The van der Waals surface area contributed by atoms with E-state index in [1.807, 2.05) is 31.2 Å². The Hall–Kier alpha value is -2.77. The van der Waals surface area contributed by atoms with Crippen molar-refractivity contribution in [1.29, 1.82) is 0 Å². The summed E-state index contributed by atoms with van der Waals surface area (Å²) in [5.41, 5.74) is 9.52. The topological polar surface area (TPSA) is 106 Å². The van der Waals surface area contributed by atoms with Crippen LogP contribution in [0.25, 0.3) is 16.7 Å². The van der Waals surface area contributed by atoms with Crippen molar-refractivity contribution in [2.75, 3.05) is 11.9 Å². The summed E-state index contributed by atoms with van der Waals surface area (Å²) in [5.74, 6) is -0.463.